The van der Waals surface area contributed by atoms with Crippen LogP contribution in [0.3, 0.4) is 0 Å². The zero-order valence-electron chi connectivity index (χ0n) is 13.3. The van der Waals surface area contributed by atoms with E-state index in [9.17, 15) is 9.59 Å². The number of nitrogens with one attached hydrogen (secondary N) is 1. The Labute approximate surface area is 140 Å². The standard InChI is InChI=1S/C16H21ClN2O4/c1-3-23-16(21)19-8-6-11(7-9-19)15(20)18-13-10-12(17)4-5-14(13)22-2/h4-5,10-11H,3,6-9H2,1-2H3,(H,18,20). The van der Waals surface area contributed by atoms with Crippen LogP contribution < -0.4 is 10.1 Å². The maximum Gasteiger partial charge on any atom is 0.409 e. The van der Waals surface area contributed by atoms with Gasteiger partial charge in [-0.3, -0.25) is 4.79 Å². The fraction of sp³-hybridized carbons (Fsp3) is 0.500. The van der Waals surface area contributed by atoms with Crippen molar-refractivity contribution in [2.45, 2.75) is 19.8 Å². The van der Waals surface area contributed by atoms with Crippen molar-refractivity contribution in [3.63, 3.8) is 0 Å². The van der Waals surface area contributed by atoms with E-state index in [4.69, 9.17) is 21.1 Å². The molecule has 0 saturated carbocycles. The predicted octanol–water partition coefficient (Wildman–Crippen LogP) is 3.16. The Morgan fingerprint density at radius 3 is 2.65 bits per heavy atom. The molecule has 0 aromatic heterocycles. The van der Waals surface area contributed by atoms with E-state index in [1.54, 1.807) is 30.0 Å². The van der Waals surface area contributed by atoms with Gasteiger partial charge in [0.2, 0.25) is 5.91 Å². The van der Waals surface area contributed by atoms with Gasteiger partial charge >= 0.3 is 6.09 Å². The highest BCUT2D eigenvalue weighted by atomic mass is 35.5. The molecule has 1 aromatic carbocycles. The van der Waals surface area contributed by atoms with E-state index in [0.717, 1.165) is 0 Å². The van der Waals surface area contributed by atoms with Crippen LogP contribution in [0.4, 0.5) is 10.5 Å². The van der Waals surface area contributed by atoms with Crippen LogP contribution in [0.25, 0.3) is 0 Å². The van der Waals surface area contributed by atoms with Gasteiger partial charge in [-0.15, -0.1) is 0 Å². The topological polar surface area (TPSA) is 67.9 Å². The van der Waals surface area contributed by atoms with Crippen molar-refractivity contribution in [3.05, 3.63) is 23.2 Å². The normalized spacial score (nSPS) is 15.2. The van der Waals surface area contributed by atoms with Crippen LogP contribution in [-0.2, 0) is 9.53 Å². The first-order valence-electron chi connectivity index (χ1n) is 7.61. The molecule has 0 aliphatic carbocycles. The van der Waals surface area contributed by atoms with Gasteiger partial charge in [0.25, 0.3) is 0 Å². The molecule has 2 rings (SSSR count). The summed E-state index contributed by atoms with van der Waals surface area (Å²) in [5.74, 6) is 0.324. The number of hydrogen-bond donors (Lipinski definition) is 1. The molecule has 0 spiro atoms. The fourth-order valence-corrected chi connectivity index (χ4v) is 2.72. The Bertz CT molecular complexity index is 571. The Morgan fingerprint density at radius 1 is 1.35 bits per heavy atom. The summed E-state index contributed by atoms with van der Waals surface area (Å²) in [6, 6.07) is 5.07. The first-order chi connectivity index (χ1) is 11.0. The average Bonchev–Trinajstić information content (AvgIpc) is 2.55. The SMILES string of the molecule is CCOC(=O)N1CCC(C(=O)Nc2cc(Cl)ccc2OC)CC1. The zero-order chi connectivity index (χ0) is 16.8. The highest BCUT2D eigenvalue weighted by Gasteiger charge is 2.28. The van der Waals surface area contributed by atoms with E-state index < -0.39 is 0 Å². The number of likely N-dealkylation sites (tertiary alicyclic amines) is 1. The third-order valence-electron chi connectivity index (χ3n) is 3.81. The van der Waals surface area contributed by atoms with Crippen molar-refractivity contribution >= 4 is 29.3 Å². The Hall–Kier alpha value is -1.95. The second-order valence-electron chi connectivity index (χ2n) is 5.29. The number of ether oxygens (including phenoxy) is 2. The van der Waals surface area contributed by atoms with Gasteiger partial charge in [0, 0.05) is 24.0 Å². The van der Waals surface area contributed by atoms with E-state index >= 15 is 0 Å². The highest BCUT2D eigenvalue weighted by molar-refractivity contribution is 6.31. The predicted molar refractivity (Wildman–Crippen MR) is 88.0 cm³/mol. The molecule has 0 atom stereocenters. The van der Waals surface area contributed by atoms with Gasteiger partial charge in [0.1, 0.15) is 5.75 Å². The van der Waals surface area contributed by atoms with Gasteiger partial charge in [-0.2, -0.15) is 0 Å². The van der Waals surface area contributed by atoms with Gasteiger partial charge in [-0.25, -0.2) is 4.79 Å². The van der Waals surface area contributed by atoms with E-state index in [0.29, 0.717) is 49.0 Å². The van der Waals surface area contributed by atoms with Crippen molar-refractivity contribution < 1.29 is 19.1 Å². The number of benzene rings is 1. The van der Waals surface area contributed by atoms with Gasteiger partial charge < -0.3 is 19.7 Å². The minimum Gasteiger partial charge on any atom is -0.495 e. The monoisotopic (exact) mass is 340 g/mol. The fourth-order valence-electron chi connectivity index (χ4n) is 2.55. The molecule has 0 bridgehead atoms. The lowest BCUT2D eigenvalue weighted by Crippen LogP contribution is -2.41. The molecule has 1 aliphatic heterocycles. The van der Waals surface area contributed by atoms with Crippen molar-refractivity contribution in [1.82, 2.24) is 4.90 Å². The Kier molecular flexibility index (Phi) is 6.10. The smallest absolute Gasteiger partial charge is 0.409 e. The molecule has 0 unspecified atom stereocenters. The molecule has 1 saturated heterocycles. The Morgan fingerprint density at radius 2 is 2.04 bits per heavy atom. The first-order valence-corrected chi connectivity index (χ1v) is 7.99. The van der Waals surface area contributed by atoms with Gasteiger partial charge in [-0.1, -0.05) is 11.6 Å². The van der Waals surface area contributed by atoms with Crippen molar-refractivity contribution in [3.8, 4) is 5.75 Å². The molecule has 1 N–H and O–H groups in total. The summed E-state index contributed by atoms with van der Waals surface area (Å²) in [7, 11) is 1.54. The first kappa shape index (κ1) is 17.4. The van der Waals surface area contributed by atoms with Crippen LogP contribution >= 0.6 is 11.6 Å². The number of methoxy groups -OCH3 is 1. The molecule has 1 fully saturated rings. The van der Waals surface area contributed by atoms with Crippen molar-refractivity contribution in [2.24, 2.45) is 5.92 Å². The molecule has 23 heavy (non-hydrogen) atoms. The van der Waals surface area contributed by atoms with Crippen LogP contribution in [0, 0.1) is 5.92 Å². The maximum absolute atomic E-state index is 12.4. The summed E-state index contributed by atoms with van der Waals surface area (Å²) >= 11 is 5.96. The van der Waals surface area contributed by atoms with Crippen LogP contribution in [0.1, 0.15) is 19.8 Å². The highest BCUT2D eigenvalue weighted by Crippen LogP contribution is 2.29. The molecular weight excluding hydrogens is 320 g/mol. The van der Waals surface area contributed by atoms with E-state index in [1.807, 2.05) is 0 Å². The van der Waals surface area contributed by atoms with Gasteiger partial charge in [0.05, 0.1) is 19.4 Å². The maximum atomic E-state index is 12.4. The van der Waals surface area contributed by atoms with Crippen LogP contribution in [-0.4, -0.2) is 43.7 Å². The number of anilines is 1. The second-order valence-corrected chi connectivity index (χ2v) is 5.73. The Balaban J connectivity index is 1.93. The molecule has 7 heteroatoms. The van der Waals surface area contributed by atoms with Crippen LogP contribution in [0.15, 0.2) is 18.2 Å². The lowest BCUT2D eigenvalue weighted by Gasteiger charge is -2.30. The molecule has 1 aliphatic rings. The summed E-state index contributed by atoms with van der Waals surface area (Å²) in [5, 5.41) is 3.38. The summed E-state index contributed by atoms with van der Waals surface area (Å²) < 4.78 is 10.2. The molecule has 0 radical (unpaired) electrons. The summed E-state index contributed by atoms with van der Waals surface area (Å²) in [5.41, 5.74) is 0.554. The summed E-state index contributed by atoms with van der Waals surface area (Å²) in [6.45, 7) is 3.16. The van der Waals surface area contributed by atoms with Crippen molar-refractivity contribution in [1.29, 1.82) is 0 Å². The number of hydrogen-bond acceptors (Lipinski definition) is 4. The number of nitrogens with zero attached hydrogens (tertiary/aromatic N) is 1. The van der Waals surface area contributed by atoms with Crippen molar-refractivity contribution in [2.75, 3.05) is 32.1 Å². The number of rotatable bonds is 4. The number of halogens is 1. The third-order valence-corrected chi connectivity index (χ3v) is 4.05. The number of amides is 2. The number of carbonyl (C=O) groups is 2. The lowest BCUT2D eigenvalue weighted by atomic mass is 9.96. The van der Waals surface area contributed by atoms with Gasteiger partial charge in [-0.05, 0) is 38.0 Å². The largest absolute Gasteiger partial charge is 0.495 e. The minimum absolute atomic E-state index is 0.0888. The molecule has 6 nitrogen and oxygen atoms in total. The second kappa shape index (κ2) is 8.06. The lowest BCUT2D eigenvalue weighted by molar-refractivity contribution is -0.121. The van der Waals surface area contributed by atoms with Crippen LogP contribution in [0.2, 0.25) is 5.02 Å². The van der Waals surface area contributed by atoms with Gasteiger partial charge in [0.15, 0.2) is 0 Å². The minimum atomic E-state index is -0.317. The molecular formula is C16H21ClN2O4. The number of carbonyl (C=O) groups excluding carboxylic acids is 2. The molecule has 2 amide bonds. The van der Waals surface area contributed by atoms with Crippen LogP contribution in [0.5, 0.6) is 5.75 Å². The molecule has 126 valence electrons. The summed E-state index contributed by atoms with van der Waals surface area (Å²) in [4.78, 5) is 25.7. The average molecular weight is 341 g/mol. The number of piperidine rings is 1. The van der Waals surface area contributed by atoms with E-state index in [1.165, 1.54) is 7.11 Å². The van der Waals surface area contributed by atoms with E-state index in [-0.39, 0.29) is 17.9 Å². The molecule has 1 heterocycles. The summed E-state index contributed by atoms with van der Waals surface area (Å²) in [6.07, 6.45) is 0.893. The van der Waals surface area contributed by atoms with E-state index in [2.05, 4.69) is 5.32 Å². The zero-order valence-corrected chi connectivity index (χ0v) is 14.1. The quantitative estimate of drug-likeness (QED) is 0.914. The third kappa shape index (κ3) is 4.51. The molecule has 1 aromatic rings.